The van der Waals surface area contributed by atoms with Gasteiger partial charge in [0, 0.05) is 18.3 Å². The normalized spacial score (nSPS) is 16.0. The van der Waals surface area contributed by atoms with E-state index in [1.807, 2.05) is 39.0 Å². The van der Waals surface area contributed by atoms with Gasteiger partial charge in [0.2, 0.25) is 0 Å². The maximum Gasteiger partial charge on any atom is 0.407 e. The first kappa shape index (κ1) is 16.7. The summed E-state index contributed by atoms with van der Waals surface area (Å²) in [7, 11) is 0. The summed E-state index contributed by atoms with van der Waals surface area (Å²) >= 11 is 0. The van der Waals surface area contributed by atoms with Gasteiger partial charge in [-0.3, -0.25) is 0 Å². The van der Waals surface area contributed by atoms with Crippen molar-refractivity contribution < 1.29 is 9.53 Å². The molecule has 122 valence electrons. The van der Waals surface area contributed by atoms with Crippen molar-refractivity contribution >= 4 is 11.8 Å². The van der Waals surface area contributed by atoms with Crippen LogP contribution < -0.4 is 10.6 Å². The molecule has 0 heterocycles. The number of carbonyl (C=O) groups excluding carboxylic acids is 1. The lowest BCUT2D eigenvalue weighted by molar-refractivity contribution is 0.0523. The smallest absolute Gasteiger partial charge is 0.407 e. The van der Waals surface area contributed by atoms with Gasteiger partial charge in [-0.1, -0.05) is 31.0 Å². The van der Waals surface area contributed by atoms with Crippen LogP contribution in [0.5, 0.6) is 0 Å². The highest BCUT2D eigenvalue weighted by Crippen LogP contribution is 2.34. The number of carbonyl (C=O) groups is 1. The second kappa shape index (κ2) is 7.03. The van der Waals surface area contributed by atoms with E-state index in [9.17, 15) is 4.79 Å². The zero-order valence-electron chi connectivity index (χ0n) is 14.1. The Morgan fingerprint density at radius 3 is 2.64 bits per heavy atom. The first-order valence-electron chi connectivity index (χ1n) is 8.15. The molecule has 0 saturated heterocycles. The number of hydrogen-bond acceptors (Lipinski definition) is 3. The molecular formula is C18H28N2O2. The van der Waals surface area contributed by atoms with Crippen LogP contribution in [0.3, 0.4) is 0 Å². The van der Waals surface area contributed by atoms with E-state index in [4.69, 9.17) is 4.74 Å². The van der Waals surface area contributed by atoms with Gasteiger partial charge in [-0.2, -0.15) is 0 Å². The fourth-order valence-electron chi connectivity index (χ4n) is 2.47. The molecule has 4 heteroatoms. The van der Waals surface area contributed by atoms with Gasteiger partial charge in [-0.25, -0.2) is 4.79 Å². The van der Waals surface area contributed by atoms with Gasteiger partial charge >= 0.3 is 6.09 Å². The van der Waals surface area contributed by atoms with E-state index in [-0.39, 0.29) is 6.09 Å². The summed E-state index contributed by atoms with van der Waals surface area (Å²) in [4.78, 5) is 11.8. The Labute approximate surface area is 133 Å². The van der Waals surface area contributed by atoms with Gasteiger partial charge in [0.15, 0.2) is 0 Å². The minimum atomic E-state index is -0.472. The van der Waals surface area contributed by atoms with Crippen molar-refractivity contribution in [2.24, 2.45) is 5.92 Å². The summed E-state index contributed by atoms with van der Waals surface area (Å²) in [5.41, 5.74) is 1.70. The number of nitrogens with one attached hydrogen (secondary N) is 2. The summed E-state index contributed by atoms with van der Waals surface area (Å²) in [6, 6.07) is 8.56. The minimum Gasteiger partial charge on any atom is -0.444 e. The first-order chi connectivity index (χ1) is 10.3. The number of hydrogen-bond donors (Lipinski definition) is 2. The monoisotopic (exact) mass is 304 g/mol. The molecule has 0 radical (unpaired) electrons. The lowest BCUT2D eigenvalue weighted by Gasteiger charge is -2.21. The highest BCUT2D eigenvalue weighted by molar-refractivity contribution is 5.68. The maximum atomic E-state index is 11.8. The average Bonchev–Trinajstić information content (AvgIpc) is 3.19. The largest absolute Gasteiger partial charge is 0.444 e. The Balaban J connectivity index is 1.88. The lowest BCUT2D eigenvalue weighted by Crippen LogP contribution is -2.32. The zero-order chi connectivity index (χ0) is 16.2. The van der Waals surface area contributed by atoms with E-state index in [2.05, 4.69) is 23.6 Å². The fraction of sp³-hybridized carbons (Fsp3) is 0.611. The molecule has 0 aromatic heterocycles. The van der Waals surface area contributed by atoms with E-state index in [0.29, 0.717) is 12.6 Å². The fourth-order valence-corrected chi connectivity index (χ4v) is 2.47. The van der Waals surface area contributed by atoms with Crippen molar-refractivity contribution in [1.82, 2.24) is 5.32 Å². The molecule has 1 aromatic rings. The van der Waals surface area contributed by atoms with Gasteiger partial charge in [0.05, 0.1) is 0 Å². The van der Waals surface area contributed by atoms with Crippen molar-refractivity contribution in [1.29, 1.82) is 0 Å². The van der Waals surface area contributed by atoms with E-state index >= 15 is 0 Å². The van der Waals surface area contributed by atoms with Crippen molar-refractivity contribution in [3.8, 4) is 0 Å². The molecule has 22 heavy (non-hydrogen) atoms. The van der Waals surface area contributed by atoms with Gasteiger partial charge in [0.1, 0.15) is 5.60 Å². The highest BCUT2D eigenvalue weighted by atomic mass is 16.6. The molecule has 4 nitrogen and oxygen atoms in total. The summed E-state index contributed by atoms with van der Waals surface area (Å²) < 4.78 is 5.27. The molecule has 1 unspecified atom stereocenters. The minimum absolute atomic E-state index is 0.381. The molecule has 1 aromatic carbocycles. The van der Waals surface area contributed by atoms with Crippen molar-refractivity contribution in [3.63, 3.8) is 0 Å². The van der Waals surface area contributed by atoms with Gasteiger partial charge in [-0.05, 0) is 51.7 Å². The zero-order valence-corrected chi connectivity index (χ0v) is 14.1. The Morgan fingerprint density at radius 2 is 2.00 bits per heavy atom. The van der Waals surface area contributed by atoms with Crippen LogP contribution in [-0.4, -0.2) is 17.7 Å². The SMILES string of the molecule is CC(CC1CC1)Nc1ccccc1CNC(=O)OC(C)(C)C. The van der Waals surface area contributed by atoms with E-state index in [1.165, 1.54) is 19.3 Å². The molecule has 0 bridgehead atoms. The molecule has 0 aliphatic heterocycles. The third kappa shape index (κ3) is 5.96. The molecule has 1 atom stereocenters. The summed E-state index contributed by atoms with van der Waals surface area (Å²) in [5.74, 6) is 0.898. The lowest BCUT2D eigenvalue weighted by atomic mass is 10.1. The van der Waals surface area contributed by atoms with Crippen LogP contribution >= 0.6 is 0 Å². The Morgan fingerprint density at radius 1 is 1.32 bits per heavy atom. The van der Waals surface area contributed by atoms with Gasteiger partial charge in [-0.15, -0.1) is 0 Å². The van der Waals surface area contributed by atoms with Crippen molar-refractivity contribution in [2.45, 2.75) is 65.1 Å². The number of benzene rings is 1. The molecule has 1 amide bonds. The van der Waals surface area contributed by atoms with Crippen molar-refractivity contribution in [2.75, 3.05) is 5.32 Å². The quantitative estimate of drug-likeness (QED) is 0.823. The average molecular weight is 304 g/mol. The molecule has 1 fully saturated rings. The van der Waals surface area contributed by atoms with Crippen LogP contribution in [0.4, 0.5) is 10.5 Å². The highest BCUT2D eigenvalue weighted by Gasteiger charge is 2.23. The molecule has 1 aliphatic rings. The molecule has 1 aliphatic carbocycles. The second-order valence-corrected chi connectivity index (χ2v) is 7.24. The van der Waals surface area contributed by atoms with Crippen LogP contribution in [0.15, 0.2) is 24.3 Å². The first-order valence-corrected chi connectivity index (χ1v) is 8.15. The Bertz CT molecular complexity index is 504. The molecule has 2 rings (SSSR count). The van der Waals surface area contributed by atoms with Gasteiger partial charge in [0.25, 0.3) is 0 Å². The van der Waals surface area contributed by atoms with E-state index in [1.54, 1.807) is 0 Å². The predicted octanol–water partition coefficient (Wildman–Crippen LogP) is 4.31. The van der Waals surface area contributed by atoms with Crippen LogP contribution in [0.2, 0.25) is 0 Å². The number of ether oxygens (including phenoxy) is 1. The number of para-hydroxylation sites is 1. The number of rotatable bonds is 6. The predicted molar refractivity (Wildman–Crippen MR) is 89.9 cm³/mol. The van der Waals surface area contributed by atoms with Crippen LogP contribution in [0.25, 0.3) is 0 Å². The number of alkyl carbamates (subject to hydrolysis) is 1. The second-order valence-electron chi connectivity index (χ2n) is 7.24. The summed E-state index contributed by atoms with van der Waals surface area (Å²) in [6.07, 6.45) is 3.57. The molecule has 0 spiro atoms. The molecule has 1 saturated carbocycles. The molecular weight excluding hydrogens is 276 g/mol. The van der Waals surface area contributed by atoms with Crippen LogP contribution in [0, 0.1) is 5.92 Å². The Kier molecular flexibility index (Phi) is 5.33. The van der Waals surface area contributed by atoms with E-state index < -0.39 is 5.60 Å². The van der Waals surface area contributed by atoms with Gasteiger partial charge < -0.3 is 15.4 Å². The van der Waals surface area contributed by atoms with Crippen LogP contribution in [0.1, 0.15) is 52.5 Å². The van der Waals surface area contributed by atoms with E-state index in [0.717, 1.165) is 17.2 Å². The third-order valence-corrected chi connectivity index (χ3v) is 3.63. The van der Waals surface area contributed by atoms with Crippen molar-refractivity contribution in [3.05, 3.63) is 29.8 Å². The maximum absolute atomic E-state index is 11.8. The van der Waals surface area contributed by atoms with Crippen LogP contribution in [-0.2, 0) is 11.3 Å². The third-order valence-electron chi connectivity index (χ3n) is 3.63. The summed E-state index contributed by atoms with van der Waals surface area (Å²) in [6.45, 7) is 8.27. The summed E-state index contributed by atoms with van der Waals surface area (Å²) in [5, 5.41) is 6.38. The number of amides is 1. The molecule has 2 N–H and O–H groups in total. The number of anilines is 1. The topological polar surface area (TPSA) is 50.4 Å². The Hall–Kier alpha value is -1.71. The standard InChI is InChI=1S/C18H28N2O2/c1-13(11-14-9-10-14)20-16-8-6-5-7-15(16)12-19-17(21)22-18(2,3)4/h5-8,13-14,20H,9-12H2,1-4H3,(H,19,21).